The molecule has 0 spiro atoms. The van der Waals surface area contributed by atoms with Gasteiger partial charge in [0.1, 0.15) is 0 Å². The molecule has 0 N–H and O–H groups in total. The predicted molar refractivity (Wildman–Crippen MR) is 48.1 cm³/mol. The van der Waals surface area contributed by atoms with Crippen molar-refractivity contribution in [1.82, 2.24) is 4.98 Å². The molecule has 0 aliphatic carbocycles. The summed E-state index contributed by atoms with van der Waals surface area (Å²) in [6, 6.07) is 5.78. The van der Waals surface area contributed by atoms with Crippen LogP contribution in [0.3, 0.4) is 0 Å². The second-order valence-corrected chi connectivity index (χ2v) is 3.02. The lowest BCUT2D eigenvalue weighted by Crippen LogP contribution is -2.27. The molecule has 0 saturated carbocycles. The average molecular weight is 179 g/mol. The molecule has 13 heavy (non-hydrogen) atoms. The van der Waals surface area contributed by atoms with Gasteiger partial charge in [-0.15, -0.1) is 0 Å². The molecule has 0 aromatic carbocycles. The van der Waals surface area contributed by atoms with Crippen LogP contribution >= 0.6 is 0 Å². The Morgan fingerprint density at radius 3 is 2.69 bits per heavy atom. The van der Waals surface area contributed by atoms with E-state index in [4.69, 9.17) is 9.47 Å². The summed E-state index contributed by atoms with van der Waals surface area (Å²) >= 11 is 0. The van der Waals surface area contributed by atoms with Crippen LogP contribution in [-0.2, 0) is 15.3 Å². The molecule has 3 heteroatoms. The van der Waals surface area contributed by atoms with Gasteiger partial charge in [0, 0.05) is 12.6 Å². The fourth-order valence-corrected chi connectivity index (χ4v) is 1.58. The molecular formula is C10H13NO2. The highest BCUT2D eigenvalue weighted by molar-refractivity contribution is 5.10. The third kappa shape index (κ3) is 1.45. The summed E-state index contributed by atoms with van der Waals surface area (Å²) in [5, 5.41) is 0. The Morgan fingerprint density at radius 2 is 2.15 bits per heavy atom. The zero-order chi connectivity index (χ0) is 9.15. The minimum Gasteiger partial charge on any atom is -0.342 e. The molecule has 1 aliphatic rings. The van der Waals surface area contributed by atoms with Gasteiger partial charge in [-0.05, 0) is 12.1 Å². The lowest BCUT2D eigenvalue weighted by Gasteiger charge is -2.24. The van der Waals surface area contributed by atoms with Gasteiger partial charge in [-0.25, -0.2) is 0 Å². The molecule has 0 atom stereocenters. The van der Waals surface area contributed by atoms with E-state index in [1.807, 2.05) is 25.1 Å². The van der Waals surface area contributed by atoms with Crippen molar-refractivity contribution in [3.63, 3.8) is 0 Å². The number of rotatable bonds is 2. The SMILES string of the molecule is CCC1(c2ccccn2)OCCO1. The largest absolute Gasteiger partial charge is 0.342 e. The maximum absolute atomic E-state index is 5.59. The summed E-state index contributed by atoms with van der Waals surface area (Å²) in [4.78, 5) is 4.25. The van der Waals surface area contributed by atoms with E-state index in [0.717, 1.165) is 12.1 Å². The van der Waals surface area contributed by atoms with Crippen molar-refractivity contribution in [2.45, 2.75) is 19.1 Å². The van der Waals surface area contributed by atoms with Gasteiger partial charge in [0.15, 0.2) is 0 Å². The molecule has 1 saturated heterocycles. The van der Waals surface area contributed by atoms with Gasteiger partial charge >= 0.3 is 0 Å². The Kier molecular flexibility index (Phi) is 2.29. The smallest absolute Gasteiger partial charge is 0.212 e. The van der Waals surface area contributed by atoms with Crippen LogP contribution in [0, 0.1) is 0 Å². The van der Waals surface area contributed by atoms with E-state index in [2.05, 4.69) is 4.98 Å². The van der Waals surface area contributed by atoms with Gasteiger partial charge in [-0.1, -0.05) is 13.0 Å². The molecule has 0 bridgehead atoms. The van der Waals surface area contributed by atoms with E-state index < -0.39 is 5.79 Å². The Hall–Kier alpha value is -0.930. The van der Waals surface area contributed by atoms with Crippen molar-refractivity contribution in [3.05, 3.63) is 30.1 Å². The summed E-state index contributed by atoms with van der Waals surface area (Å²) in [5.41, 5.74) is 0.870. The van der Waals surface area contributed by atoms with Crippen LogP contribution in [-0.4, -0.2) is 18.2 Å². The fraction of sp³-hybridized carbons (Fsp3) is 0.500. The van der Waals surface area contributed by atoms with Crippen LogP contribution in [0.2, 0.25) is 0 Å². The van der Waals surface area contributed by atoms with E-state index in [-0.39, 0.29) is 0 Å². The van der Waals surface area contributed by atoms with Crippen LogP contribution in [0.1, 0.15) is 19.0 Å². The van der Waals surface area contributed by atoms with Crippen LogP contribution in [0.4, 0.5) is 0 Å². The first-order chi connectivity index (χ1) is 6.37. The number of pyridine rings is 1. The molecule has 1 fully saturated rings. The Balaban J connectivity index is 2.31. The summed E-state index contributed by atoms with van der Waals surface area (Å²) in [7, 11) is 0. The van der Waals surface area contributed by atoms with Crippen LogP contribution in [0.15, 0.2) is 24.4 Å². The van der Waals surface area contributed by atoms with E-state index >= 15 is 0 Å². The molecule has 70 valence electrons. The molecule has 2 rings (SSSR count). The van der Waals surface area contributed by atoms with E-state index in [1.165, 1.54) is 0 Å². The quantitative estimate of drug-likeness (QED) is 0.692. The minimum absolute atomic E-state index is 0.582. The Morgan fingerprint density at radius 1 is 1.38 bits per heavy atom. The molecule has 1 aromatic heterocycles. The Bertz CT molecular complexity index is 268. The average Bonchev–Trinajstić information content (AvgIpc) is 2.69. The topological polar surface area (TPSA) is 31.4 Å². The van der Waals surface area contributed by atoms with Crippen molar-refractivity contribution in [3.8, 4) is 0 Å². The lowest BCUT2D eigenvalue weighted by atomic mass is 10.1. The van der Waals surface area contributed by atoms with Crippen molar-refractivity contribution >= 4 is 0 Å². The first-order valence-corrected chi connectivity index (χ1v) is 4.57. The highest BCUT2D eigenvalue weighted by atomic mass is 16.7. The number of hydrogen-bond acceptors (Lipinski definition) is 3. The van der Waals surface area contributed by atoms with Gasteiger partial charge in [-0.2, -0.15) is 0 Å². The monoisotopic (exact) mass is 179 g/mol. The van der Waals surface area contributed by atoms with Crippen LogP contribution in [0.25, 0.3) is 0 Å². The van der Waals surface area contributed by atoms with Crippen molar-refractivity contribution < 1.29 is 9.47 Å². The maximum atomic E-state index is 5.59. The molecule has 0 radical (unpaired) electrons. The van der Waals surface area contributed by atoms with E-state index in [1.54, 1.807) is 6.20 Å². The van der Waals surface area contributed by atoms with Gasteiger partial charge < -0.3 is 9.47 Å². The number of aromatic nitrogens is 1. The maximum Gasteiger partial charge on any atom is 0.212 e. The summed E-state index contributed by atoms with van der Waals surface area (Å²) in [6.07, 6.45) is 2.56. The summed E-state index contributed by atoms with van der Waals surface area (Å²) in [6.45, 7) is 3.36. The normalized spacial score (nSPS) is 20.4. The van der Waals surface area contributed by atoms with Crippen molar-refractivity contribution in [1.29, 1.82) is 0 Å². The molecular weight excluding hydrogens is 166 g/mol. The minimum atomic E-state index is -0.582. The van der Waals surface area contributed by atoms with E-state index in [9.17, 15) is 0 Å². The van der Waals surface area contributed by atoms with Crippen LogP contribution in [0.5, 0.6) is 0 Å². The second-order valence-electron chi connectivity index (χ2n) is 3.02. The first kappa shape index (κ1) is 8.66. The first-order valence-electron chi connectivity index (χ1n) is 4.57. The molecule has 0 amide bonds. The van der Waals surface area contributed by atoms with Crippen LogP contribution < -0.4 is 0 Å². The molecule has 1 aromatic rings. The zero-order valence-corrected chi connectivity index (χ0v) is 7.69. The molecule has 2 heterocycles. The molecule has 0 unspecified atom stereocenters. The fourth-order valence-electron chi connectivity index (χ4n) is 1.58. The van der Waals surface area contributed by atoms with Gasteiger partial charge in [-0.3, -0.25) is 4.98 Å². The molecule has 3 nitrogen and oxygen atoms in total. The highest BCUT2D eigenvalue weighted by Gasteiger charge is 2.37. The van der Waals surface area contributed by atoms with Crippen molar-refractivity contribution in [2.24, 2.45) is 0 Å². The van der Waals surface area contributed by atoms with Gasteiger partial charge in [0.05, 0.1) is 18.9 Å². The Labute approximate surface area is 77.7 Å². The van der Waals surface area contributed by atoms with Gasteiger partial charge in [0.25, 0.3) is 0 Å². The number of ether oxygens (including phenoxy) is 2. The standard InChI is InChI=1S/C10H13NO2/c1-2-10(12-7-8-13-10)9-5-3-4-6-11-9/h3-6H,2,7-8H2,1H3. The van der Waals surface area contributed by atoms with Gasteiger partial charge in [0.2, 0.25) is 5.79 Å². The molecule has 1 aliphatic heterocycles. The lowest BCUT2D eigenvalue weighted by molar-refractivity contribution is -0.170. The summed E-state index contributed by atoms with van der Waals surface area (Å²) < 4.78 is 11.2. The second kappa shape index (κ2) is 3.44. The summed E-state index contributed by atoms with van der Waals surface area (Å²) in [5.74, 6) is -0.582. The predicted octanol–water partition coefficient (Wildman–Crippen LogP) is 1.69. The highest BCUT2D eigenvalue weighted by Crippen LogP contribution is 2.32. The zero-order valence-electron chi connectivity index (χ0n) is 7.69. The number of hydrogen-bond donors (Lipinski definition) is 0. The third-order valence-electron chi connectivity index (χ3n) is 2.27. The van der Waals surface area contributed by atoms with E-state index in [0.29, 0.717) is 13.2 Å². The number of nitrogens with zero attached hydrogens (tertiary/aromatic N) is 1. The third-order valence-corrected chi connectivity index (χ3v) is 2.27. The van der Waals surface area contributed by atoms with Crippen molar-refractivity contribution in [2.75, 3.05) is 13.2 Å².